The third kappa shape index (κ3) is 4.25. The molecular weight excluding hydrogens is 396 g/mol. The molecule has 8 heteroatoms. The van der Waals surface area contributed by atoms with Gasteiger partial charge in [-0.25, -0.2) is 9.78 Å². The van der Waals surface area contributed by atoms with E-state index in [2.05, 4.69) is 10.3 Å². The van der Waals surface area contributed by atoms with Gasteiger partial charge < -0.3 is 19.5 Å². The molecule has 148 valence electrons. The molecule has 1 amide bonds. The number of hydrogen-bond donors (Lipinski definition) is 1. The van der Waals surface area contributed by atoms with Crippen LogP contribution in [-0.2, 0) is 9.53 Å². The fourth-order valence-electron chi connectivity index (χ4n) is 2.87. The number of ether oxygens (including phenoxy) is 3. The second kappa shape index (κ2) is 7.97. The van der Waals surface area contributed by atoms with Gasteiger partial charge in [-0.15, -0.1) is 0 Å². The van der Waals surface area contributed by atoms with Crippen molar-refractivity contribution in [3.05, 3.63) is 59.2 Å². The molecule has 3 aromatic rings. The average Bonchev–Trinajstić information content (AvgIpc) is 2.73. The molecule has 0 bridgehead atoms. The molecule has 29 heavy (non-hydrogen) atoms. The second-order valence-electron chi connectivity index (χ2n) is 6.44. The van der Waals surface area contributed by atoms with E-state index in [-0.39, 0.29) is 0 Å². The van der Waals surface area contributed by atoms with Crippen molar-refractivity contribution in [1.82, 2.24) is 4.98 Å². The molecule has 1 aliphatic heterocycles. The first-order valence-electron chi connectivity index (χ1n) is 8.97. The van der Waals surface area contributed by atoms with Gasteiger partial charge in [-0.3, -0.25) is 4.79 Å². The second-order valence-corrected chi connectivity index (χ2v) is 6.82. The Kier molecular flexibility index (Phi) is 5.22. The van der Waals surface area contributed by atoms with Crippen LogP contribution in [-0.4, -0.2) is 36.2 Å². The van der Waals surface area contributed by atoms with E-state index in [9.17, 15) is 9.59 Å². The van der Waals surface area contributed by atoms with Crippen molar-refractivity contribution in [1.29, 1.82) is 0 Å². The van der Waals surface area contributed by atoms with Crippen LogP contribution >= 0.6 is 11.6 Å². The Bertz CT molecular complexity index is 1100. The minimum absolute atomic E-state index is 0.320. The van der Waals surface area contributed by atoms with Gasteiger partial charge in [0, 0.05) is 17.1 Å². The van der Waals surface area contributed by atoms with Gasteiger partial charge in [0.25, 0.3) is 5.91 Å². The van der Waals surface area contributed by atoms with Gasteiger partial charge in [-0.05, 0) is 49.4 Å². The lowest BCUT2D eigenvalue weighted by Gasteiger charge is -2.19. The van der Waals surface area contributed by atoms with Gasteiger partial charge in [-0.2, -0.15) is 0 Å². The lowest BCUT2D eigenvalue weighted by Crippen LogP contribution is -2.30. The van der Waals surface area contributed by atoms with E-state index in [4.69, 9.17) is 25.8 Å². The van der Waals surface area contributed by atoms with Crippen LogP contribution in [0.3, 0.4) is 0 Å². The number of nitrogens with one attached hydrogen (secondary N) is 1. The van der Waals surface area contributed by atoms with E-state index in [0.29, 0.717) is 46.6 Å². The standard InChI is InChI=1S/C21H17ClN2O5/c1-12(20(25)23-15-4-6-17-18(11-15)28-9-8-27-17)29-21(26)14-2-5-16-13(10-14)3-7-19(22)24-16/h2-7,10-12H,8-9H2,1H3,(H,23,25). The molecule has 1 aromatic heterocycles. The smallest absolute Gasteiger partial charge is 0.338 e. The van der Waals surface area contributed by atoms with E-state index in [1.807, 2.05) is 0 Å². The van der Waals surface area contributed by atoms with Crippen LogP contribution in [0.1, 0.15) is 17.3 Å². The summed E-state index contributed by atoms with van der Waals surface area (Å²) in [6.45, 7) is 2.45. The lowest BCUT2D eigenvalue weighted by molar-refractivity contribution is -0.123. The van der Waals surface area contributed by atoms with Crippen LogP contribution in [0.15, 0.2) is 48.5 Å². The number of carbonyl (C=O) groups is 2. The third-order valence-electron chi connectivity index (χ3n) is 4.35. The summed E-state index contributed by atoms with van der Waals surface area (Å²) in [4.78, 5) is 29.0. The number of pyridine rings is 1. The summed E-state index contributed by atoms with van der Waals surface area (Å²) in [6, 6.07) is 13.4. The minimum Gasteiger partial charge on any atom is -0.486 e. The first-order valence-corrected chi connectivity index (χ1v) is 9.35. The molecule has 0 aliphatic carbocycles. The fourth-order valence-corrected chi connectivity index (χ4v) is 3.03. The third-order valence-corrected chi connectivity index (χ3v) is 4.56. The van der Waals surface area contributed by atoms with Gasteiger partial charge in [-0.1, -0.05) is 11.6 Å². The maximum atomic E-state index is 12.4. The number of anilines is 1. The van der Waals surface area contributed by atoms with Crippen LogP contribution in [0.25, 0.3) is 10.9 Å². The van der Waals surface area contributed by atoms with Crippen molar-refractivity contribution in [3.8, 4) is 11.5 Å². The Morgan fingerprint density at radius 3 is 2.69 bits per heavy atom. The quantitative estimate of drug-likeness (QED) is 0.517. The molecule has 1 aliphatic rings. The molecule has 0 radical (unpaired) electrons. The van der Waals surface area contributed by atoms with Crippen molar-refractivity contribution < 1.29 is 23.8 Å². The number of hydrogen-bond acceptors (Lipinski definition) is 6. The summed E-state index contributed by atoms with van der Waals surface area (Å²) in [6.07, 6.45) is -0.991. The summed E-state index contributed by atoms with van der Waals surface area (Å²) in [5.74, 6) is 0.125. The number of fused-ring (bicyclic) bond motifs is 2. The SMILES string of the molecule is CC(OC(=O)c1ccc2nc(Cl)ccc2c1)C(=O)Nc1ccc2c(c1)OCCO2. The molecule has 1 unspecified atom stereocenters. The molecular formula is C21H17ClN2O5. The van der Waals surface area contributed by atoms with E-state index >= 15 is 0 Å². The van der Waals surface area contributed by atoms with Crippen LogP contribution in [0, 0.1) is 0 Å². The number of carbonyl (C=O) groups excluding carboxylic acids is 2. The van der Waals surface area contributed by atoms with Crippen LogP contribution in [0.2, 0.25) is 5.15 Å². The maximum absolute atomic E-state index is 12.4. The highest BCUT2D eigenvalue weighted by atomic mass is 35.5. The number of benzene rings is 2. The molecule has 0 spiro atoms. The zero-order valence-electron chi connectivity index (χ0n) is 15.5. The largest absolute Gasteiger partial charge is 0.486 e. The highest BCUT2D eigenvalue weighted by molar-refractivity contribution is 6.29. The first kappa shape index (κ1) is 19.0. The predicted molar refractivity (Wildman–Crippen MR) is 108 cm³/mol. The van der Waals surface area contributed by atoms with Crippen molar-refractivity contribution in [2.24, 2.45) is 0 Å². The average molecular weight is 413 g/mol. The van der Waals surface area contributed by atoms with E-state index < -0.39 is 18.0 Å². The van der Waals surface area contributed by atoms with Crippen molar-refractivity contribution in [2.45, 2.75) is 13.0 Å². The number of amides is 1. The van der Waals surface area contributed by atoms with E-state index in [1.165, 1.54) is 6.92 Å². The van der Waals surface area contributed by atoms with Gasteiger partial charge in [0.15, 0.2) is 17.6 Å². The number of rotatable bonds is 4. The Morgan fingerprint density at radius 2 is 1.86 bits per heavy atom. The van der Waals surface area contributed by atoms with Gasteiger partial charge >= 0.3 is 5.97 Å². The molecule has 7 nitrogen and oxygen atoms in total. The summed E-state index contributed by atoms with van der Waals surface area (Å²) in [7, 11) is 0. The normalized spacial score (nSPS) is 13.6. The summed E-state index contributed by atoms with van der Waals surface area (Å²) >= 11 is 5.87. The predicted octanol–water partition coefficient (Wildman–Crippen LogP) is 3.84. The summed E-state index contributed by atoms with van der Waals surface area (Å²) in [5.41, 5.74) is 1.51. The molecule has 0 fully saturated rings. The molecule has 2 aromatic carbocycles. The minimum atomic E-state index is -0.991. The van der Waals surface area contributed by atoms with Crippen molar-refractivity contribution in [2.75, 3.05) is 18.5 Å². The van der Waals surface area contributed by atoms with E-state index in [1.54, 1.807) is 48.5 Å². The fraction of sp³-hybridized carbons (Fsp3) is 0.190. The number of nitrogens with zero attached hydrogens (tertiary/aromatic N) is 1. The van der Waals surface area contributed by atoms with Gasteiger partial charge in [0.2, 0.25) is 0 Å². The lowest BCUT2D eigenvalue weighted by atomic mass is 10.1. The molecule has 0 saturated heterocycles. The zero-order chi connectivity index (χ0) is 20.4. The topological polar surface area (TPSA) is 86.8 Å². The Balaban J connectivity index is 1.41. The monoisotopic (exact) mass is 412 g/mol. The molecule has 1 N–H and O–H groups in total. The Labute approximate surface area is 171 Å². The Hall–Kier alpha value is -3.32. The first-order chi connectivity index (χ1) is 14.0. The molecule has 4 rings (SSSR count). The number of halogens is 1. The summed E-state index contributed by atoms with van der Waals surface area (Å²) in [5, 5.41) is 3.83. The highest BCUT2D eigenvalue weighted by Crippen LogP contribution is 2.32. The zero-order valence-corrected chi connectivity index (χ0v) is 16.2. The molecule has 1 atom stereocenters. The van der Waals surface area contributed by atoms with E-state index in [0.717, 1.165) is 5.39 Å². The van der Waals surface area contributed by atoms with Gasteiger partial charge in [0.05, 0.1) is 11.1 Å². The Morgan fingerprint density at radius 1 is 1.07 bits per heavy atom. The van der Waals surface area contributed by atoms with Crippen molar-refractivity contribution >= 4 is 40.1 Å². The number of esters is 1. The number of aromatic nitrogens is 1. The van der Waals surface area contributed by atoms with Crippen LogP contribution in [0.5, 0.6) is 11.5 Å². The summed E-state index contributed by atoms with van der Waals surface area (Å²) < 4.78 is 16.2. The molecule has 0 saturated carbocycles. The van der Waals surface area contributed by atoms with Crippen LogP contribution in [0.4, 0.5) is 5.69 Å². The molecule has 2 heterocycles. The highest BCUT2D eigenvalue weighted by Gasteiger charge is 2.20. The van der Waals surface area contributed by atoms with Crippen molar-refractivity contribution in [3.63, 3.8) is 0 Å². The van der Waals surface area contributed by atoms with Gasteiger partial charge in [0.1, 0.15) is 18.4 Å². The maximum Gasteiger partial charge on any atom is 0.338 e. The van der Waals surface area contributed by atoms with Crippen LogP contribution < -0.4 is 14.8 Å².